The predicted molar refractivity (Wildman–Crippen MR) is 85.8 cm³/mol. The number of ether oxygens (including phenoxy) is 1. The third-order valence-electron chi connectivity index (χ3n) is 2.90. The smallest absolute Gasteiger partial charge is 0.229 e. The van der Waals surface area contributed by atoms with Gasteiger partial charge < -0.3 is 14.9 Å². The molecule has 0 saturated heterocycles. The van der Waals surface area contributed by atoms with E-state index in [9.17, 15) is 0 Å². The second kappa shape index (κ2) is 5.10. The molecule has 0 bridgehead atoms. The van der Waals surface area contributed by atoms with E-state index in [1.165, 1.54) is 0 Å². The molecular weight excluding hydrogens is 388 g/mol. The molecule has 102 valence electrons. The molecule has 3 aromatic rings. The molecular formula is C14H10Br2N2O2. The summed E-state index contributed by atoms with van der Waals surface area (Å²) in [6.45, 7) is 0. The number of halogens is 2. The number of nitrogens with zero attached hydrogens (tertiary/aromatic N) is 1. The van der Waals surface area contributed by atoms with Gasteiger partial charge in [-0.05, 0) is 40.2 Å². The lowest BCUT2D eigenvalue weighted by molar-refractivity contribution is 0.415. The number of hydrogen-bond donors (Lipinski definition) is 1. The lowest BCUT2D eigenvalue weighted by atomic mass is 10.2. The fraction of sp³-hybridized carbons (Fsp3) is 0.0714. The quantitative estimate of drug-likeness (QED) is 0.641. The number of nitrogens with two attached hydrogens (primary N) is 1. The SMILES string of the molecule is COc1cc(Br)c2oc(-c3cc(Br)ccc3N)nc2c1. The number of nitrogen functional groups attached to an aromatic ring is 1. The number of anilines is 1. The molecule has 1 heterocycles. The topological polar surface area (TPSA) is 61.3 Å². The van der Waals surface area contributed by atoms with Crippen LogP contribution >= 0.6 is 31.9 Å². The van der Waals surface area contributed by atoms with Crippen LogP contribution in [0.15, 0.2) is 43.7 Å². The third-order valence-corrected chi connectivity index (χ3v) is 3.98. The zero-order valence-electron chi connectivity index (χ0n) is 10.5. The molecule has 3 rings (SSSR count). The van der Waals surface area contributed by atoms with Gasteiger partial charge in [-0.1, -0.05) is 15.9 Å². The van der Waals surface area contributed by atoms with E-state index in [0.717, 1.165) is 14.5 Å². The van der Waals surface area contributed by atoms with Gasteiger partial charge in [-0.3, -0.25) is 0 Å². The van der Waals surface area contributed by atoms with Gasteiger partial charge in [0.1, 0.15) is 11.3 Å². The second-order valence-corrected chi connectivity index (χ2v) is 5.98. The molecule has 0 aliphatic rings. The number of aromatic nitrogens is 1. The van der Waals surface area contributed by atoms with Crippen molar-refractivity contribution in [1.82, 2.24) is 4.98 Å². The first-order valence-electron chi connectivity index (χ1n) is 5.78. The zero-order valence-corrected chi connectivity index (χ0v) is 13.7. The van der Waals surface area contributed by atoms with E-state index in [4.69, 9.17) is 14.9 Å². The van der Waals surface area contributed by atoms with Gasteiger partial charge in [0.05, 0.1) is 17.1 Å². The standard InChI is InChI=1S/C14H10Br2N2O2/c1-19-8-5-10(16)13-12(6-8)18-14(20-13)9-4-7(15)2-3-11(9)17/h2-6H,17H2,1H3. The Morgan fingerprint density at radius 1 is 1.20 bits per heavy atom. The fourth-order valence-electron chi connectivity index (χ4n) is 1.91. The van der Waals surface area contributed by atoms with Crippen molar-refractivity contribution < 1.29 is 9.15 Å². The van der Waals surface area contributed by atoms with E-state index >= 15 is 0 Å². The highest BCUT2D eigenvalue weighted by molar-refractivity contribution is 9.11. The maximum absolute atomic E-state index is 5.98. The molecule has 0 saturated carbocycles. The van der Waals surface area contributed by atoms with Crippen LogP contribution < -0.4 is 10.5 Å². The molecule has 4 nitrogen and oxygen atoms in total. The highest BCUT2D eigenvalue weighted by Gasteiger charge is 2.14. The molecule has 0 fully saturated rings. The molecule has 0 aliphatic heterocycles. The molecule has 0 amide bonds. The van der Waals surface area contributed by atoms with E-state index in [-0.39, 0.29) is 0 Å². The van der Waals surface area contributed by atoms with Crippen molar-refractivity contribution in [2.75, 3.05) is 12.8 Å². The summed E-state index contributed by atoms with van der Waals surface area (Å²) >= 11 is 6.87. The summed E-state index contributed by atoms with van der Waals surface area (Å²) in [7, 11) is 1.61. The summed E-state index contributed by atoms with van der Waals surface area (Å²) in [6.07, 6.45) is 0. The number of hydrogen-bond acceptors (Lipinski definition) is 4. The van der Waals surface area contributed by atoms with Gasteiger partial charge in [0.15, 0.2) is 5.58 Å². The molecule has 0 unspecified atom stereocenters. The Balaban J connectivity index is 2.22. The van der Waals surface area contributed by atoms with Gasteiger partial charge in [-0.2, -0.15) is 0 Å². The summed E-state index contributed by atoms with van der Waals surface area (Å²) in [5.74, 6) is 1.19. The lowest BCUT2D eigenvalue weighted by Gasteiger charge is -2.01. The number of methoxy groups -OCH3 is 1. The molecule has 1 aromatic heterocycles. The molecule has 0 spiro atoms. The fourth-order valence-corrected chi connectivity index (χ4v) is 2.79. The van der Waals surface area contributed by atoms with Gasteiger partial charge >= 0.3 is 0 Å². The maximum atomic E-state index is 5.98. The van der Waals surface area contributed by atoms with Crippen LogP contribution in [0, 0.1) is 0 Å². The van der Waals surface area contributed by atoms with Crippen molar-refractivity contribution >= 4 is 48.6 Å². The van der Waals surface area contributed by atoms with Crippen molar-refractivity contribution in [3.05, 3.63) is 39.3 Å². The number of rotatable bonds is 2. The minimum atomic E-state index is 0.479. The van der Waals surface area contributed by atoms with Gasteiger partial charge in [-0.15, -0.1) is 0 Å². The Bertz CT molecular complexity index is 799. The van der Waals surface area contributed by atoms with Crippen LogP contribution in [0.5, 0.6) is 5.75 Å². The first-order valence-corrected chi connectivity index (χ1v) is 7.36. The second-order valence-electron chi connectivity index (χ2n) is 4.21. The monoisotopic (exact) mass is 396 g/mol. The first-order chi connectivity index (χ1) is 9.58. The third kappa shape index (κ3) is 2.29. The van der Waals surface area contributed by atoms with E-state index in [1.807, 2.05) is 30.3 Å². The predicted octanol–water partition coefficient (Wildman–Crippen LogP) is 4.61. The van der Waals surface area contributed by atoms with Crippen LogP contribution in [0.4, 0.5) is 5.69 Å². The Kier molecular flexibility index (Phi) is 3.43. The van der Waals surface area contributed by atoms with Crippen molar-refractivity contribution in [1.29, 1.82) is 0 Å². The van der Waals surface area contributed by atoms with Crippen molar-refractivity contribution in [3.8, 4) is 17.2 Å². The van der Waals surface area contributed by atoms with Crippen molar-refractivity contribution in [2.45, 2.75) is 0 Å². The largest absolute Gasteiger partial charge is 0.497 e. The zero-order chi connectivity index (χ0) is 14.3. The van der Waals surface area contributed by atoms with E-state index in [1.54, 1.807) is 7.11 Å². The highest BCUT2D eigenvalue weighted by atomic mass is 79.9. The van der Waals surface area contributed by atoms with Gasteiger partial charge in [0.25, 0.3) is 0 Å². The van der Waals surface area contributed by atoms with E-state index < -0.39 is 0 Å². The summed E-state index contributed by atoms with van der Waals surface area (Å²) in [5, 5.41) is 0. The number of oxazole rings is 1. The van der Waals surface area contributed by atoms with Crippen LogP contribution in [0.1, 0.15) is 0 Å². The summed E-state index contributed by atoms with van der Waals surface area (Å²) in [6, 6.07) is 9.22. The molecule has 2 N–H and O–H groups in total. The molecule has 6 heteroatoms. The first kappa shape index (κ1) is 13.5. The minimum absolute atomic E-state index is 0.479. The van der Waals surface area contributed by atoms with Crippen LogP contribution in [0.2, 0.25) is 0 Å². The molecule has 0 atom stereocenters. The van der Waals surface area contributed by atoms with Gasteiger partial charge in [0, 0.05) is 16.2 Å². The molecule has 0 radical (unpaired) electrons. The van der Waals surface area contributed by atoms with Crippen molar-refractivity contribution in [2.24, 2.45) is 0 Å². The summed E-state index contributed by atoms with van der Waals surface area (Å²) < 4.78 is 12.7. The average molecular weight is 398 g/mol. The Hall–Kier alpha value is -1.53. The Morgan fingerprint density at radius 2 is 2.00 bits per heavy atom. The maximum Gasteiger partial charge on any atom is 0.229 e. The van der Waals surface area contributed by atoms with Crippen molar-refractivity contribution in [3.63, 3.8) is 0 Å². The highest BCUT2D eigenvalue weighted by Crippen LogP contribution is 2.35. The van der Waals surface area contributed by atoms with Gasteiger partial charge in [-0.25, -0.2) is 4.98 Å². The molecule has 2 aromatic carbocycles. The molecule has 0 aliphatic carbocycles. The average Bonchev–Trinajstić information content (AvgIpc) is 2.85. The van der Waals surface area contributed by atoms with Crippen LogP contribution in [-0.4, -0.2) is 12.1 Å². The van der Waals surface area contributed by atoms with Crippen LogP contribution in [0.3, 0.4) is 0 Å². The van der Waals surface area contributed by atoms with Gasteiger partial charge in [0.2, 0.25) is 5.89 Å². The number of fused-ring (bicyclic) bond motifs is 1. The molecule has 20 heavy (non-hydrogen) atoms. The summed E-state index contributed by atoms with van der Waals surface area (Å²) in [5.41, 5.74) is 8.73. The minimum Gasteiger partial charge on any atom is -0.497 e. The lowest BCUT2D eigenvalue weighted by Crippen LogP contribution is -1.89. The van der Waals surface area contributed by atoms with Crippen LogP contribution in [0.25, 0.3) is 22.6 Å². The normalized spacial score (nSPS) is 10.9. The Labute approximate surface area is 132 Å². The van der Waals surface area contributed by atoms with E-state index in [2.05, 4.69) is 36.8 Å². The summed E-state index contributed by atoms with van der Waals surface area (Å²) in [4.78, 5) is 4.48. The van der Waals surface area contributed by atoms with Crippen LogP contribution in [-0.2, 0) is 0 Å². The number of benzene rings is 2. The van der Waals surface area contributed by atoms with E-state index in [0.29, 0.717) is 28.4 Å². The Morgan fingerprint density at radius 3 is 2.75 bits per heavy atom.